The van der Waals surface area contributed by atoms with Gasteiger partial charge in [0.15, 0.2) is 0 Å². The molecule has 1 aromatic rings. The summed E-state index contributed by atoms with van der Waals surface area (Å²) < 4.78 is 5.09. The Balaban J connectivity index is 0.00000392. The Kier molecular flexibility index (Phi) is 12.9. The second-order valence-electron chi connectivity index (χ2n) is 7.39. The summed E-state index contributed by atoms with van der Waals surface area (Å²) in [5.41, 5.74) is 6.63. The van der Waals surface area contributed by atoms with E-state index < -0.39 is 6.04 Å². The molecule has 2 amide bonds. The van der Waals surface area contributed by atoms with Gasteiger partial charge in [0.05, 0.1) is 13.2 Å². The molecule has 7 nitrogen and oxygen atoms in total. The highest BCUT2D eigenvalue weighted by Gasteiger charge is 2.25. The number of halogens is 2. The predicted molar refractivity (Wildman–Crippen MR) is 120 cm³/mol. The van der Waals surface area contributed by atoms with E-state index in [1.807, 2.05) is 4.90 Å². The lowest BCUT2D eigenvalue weighted by molar-refractivity contribution is -0.134. The van der Waals surface area contributed by atoms with Gasteiger partial charge < -0.3 is 20.7 Å². The largest absolute Gasteiger partial charge is 0.497 e. The van der Waals surface area contributed by atoms with Crippen LogP contribution >= 0.6 is 24.8 Å². The third kappa shape index (κ3) is 8.78. The molecule has 0 bridgehead atoms. The molecule has 0 aliphatic carbocycles. The van der Waals surface area contributed by atoms with Crippen molar-refractivity contribution in [2.45, 2.75) is 26.3 Å². The zero-order chi connectivity index (χ0) is 19.8. The Morgan fingerprint density at radius 2 is 1.69 bits per heavy atom. The van der Waals surface area contributed by atoms with E-state index in [0.29, 0.717) is 31.1 Å². The van der Waals surface area contributed by atoms with Crippen molar-refractivity contribution in [3.63, 3.8) is 0 Å². The van der Waals surface area contributed by atoms with Crippen LogP contribution in [0, 0.1) is 5.92 Å². The summed E-state index contributed by atoms with van der Waals surface area (Å²) in [7, 11) is 1.60. The molecule has 1 saturated heterocycles. The Morgan fingerprint density at radius 3 is 2.21 bits per heavy atom. The Bertz CT molecular complexity index is 621. The standard InChI is InChI=1S/C20H32N4O3.2ClH/c1-15(2)14-18(21)20(26)24-12-10-23(11-13-24)9-8-22-19(25)16-4-6-17(27-3)7-5-16;;/h4-7,15,18H,8-14,21H2,1-3H3,(H,22,25);2*1H/t18-;;/m0../s1. The molecule has 0 aromatic heterocycles. The minimum atomic E-state index is -0.402. The Hall–Kier alpha value is -1.54. The van der Waals surface area contributed by atoms with Gasteiger partial charge in [-0.05, 0) is 36.6 Å². The van der Waals surface area contributed by atoms with Crippen LogP contribution in [-0.2, 0) is 4.79 Å². The smallest absolute Gasteiger partial charge is 0.251 e. The quantitative estimate of drug-likeness (QED) is 0.632. The van der Waals surface area contributed by atoms with E-state index in [4.69, 9.17) is 10.5 Å². The van der Waals surface area contributed by atoms with Gasteiger partial charge in [-0.2, -0.15) is 0 Å². The number of benzene rings is 1. The van der Waals surface area contributed by atoms with Crippen molar-refractivity contribution in [2.24, 2.45) is 11.7 Å². The summed E-state index contributed by atoms with van der Waals surface area (Å²) in [6.45, 7) is 8.48. The van der Waals surface area contributed by atoms with E-state index >= 15 is 0 Å². The molecule has 1 aliphatic heterocycles. The van der Waals surface area contributed by atoms with Gasteiger partial charge in [-0.3, -0.25) is 14.5 Å². The van der Waals surface area contributed by atoms with Gasteiger partial charge in [-0.1, -0.05) is 13.8 Å². The number of methoxy groups -OCH3 is 1. The monoisotopic (exact) mass is 448 g/mol. The molecule has 2 rings (SSSR count). The number of nitrogens with two attached hydrogens (primary N) is 1. The summed E-state index contributed by atoms with van der Waals surface area (Å²) in [5.74, 6) is 1.11. The van der Waals surface area contributed by atoms with Crippen LogP contribution in [0.25, 0.3) is 0 Å². The maximum atomic E-state index is 12.4. The fourth-order valence-electron chi connectivity index (χ4n) is 3.21. The van der Waals surface area contributed by atoms with Gasteiger partial charge in [-0.15, -0.1) is 24.8 Å². The molecule has 3 N–H and O–H groups in total. The lowest BCUT2D eigenvalue weighted by Crippen LogP contribution is -2.54. The first-order chi connectivity index (χ1) is 12.9. The number of hydrogen-bond acceptors (Lipinski definition) is 5. The first-order valence-corrected chi connectivity index (χ1v) is 9.59. The minimum Gasteiger partial charge on any atom is -0.497 e. The van der Waals surface area contributed by atoms with E-state index in [1.165, 1.54) is 0 Å². The number of nitrogens with zero attached hydrogens (tertiary/aromatic N) is 2. The van der Waals surface area contributed by atoms with Gasteiger partial charge in [0.1, 0.15) is 5.75 Å². The van der Waals surface area contributed by atoms with E-state index in [1.54, 1.807) is 31.4 Å². The van der Waals surface area contributed by atoms with Crippen LogP contribution < -0.4 is 15.8 Å². The first-order valence-electron chi connectivity index (χ1n) is 9.59. The summed E-state index contributed by atoms with van der Waals surface area (Å²) in [5, 5.41) is 2.94. The topological polar surface area (TPSA) is 87.9 Å². The molecule has 0 radical (unpaired) electrons. The van der Waals surface area contributed by atoms with E-state index in [0.717, 1.165) is 31.8 Å². The van der Waals surface area contributed by atoms with Gasteiger partial charge >= 0.3 is 0 Å². The number of carbonyl (C=O) groups is 2. The van der Waals surface area contributed by atoms with Crippen LogP contribution in [-0.4, -0.2) is 74.0 Å². The first kappa shape index (κ1) is 27.5. The van der Waals surface area contributed by atoms with Crippen molar-refractivity contribution in [3.8, 4) is 5.75 Å². The molecule has 1 atom stereocenters. The van der Waals surface area contributed by atoms with Crippen molar-refractivity contribution in [1.82, 2.24) is 15.1 Å². The second-order valence-corrected chi connectivity index (χ2v) is 7.39. The lowest BCUT2D eigenvalue weighted by Gasteiger charge is -2.36. The zero-order valence-electron chi connectivity index (χ0n) is 17.4. The van der Waals surface area contributed by atoms with Gasteiger partial charge in [0.2, 0.25) is 5.91 Å². The summed E-state index contributed by atoms with van der Waals surface area (Å²) in [6.07, 6.45) is 0.719. The van der Waals surface area contributed by atoms with Crippen molar-refractivity contribution >= 4 is 36.6 Å². The minimum absolute atomic E-state index is 0. The zero-order valence-corrected chi connectivity index (χ0v) is 19.1. The molecule has 1 heterocycles. The number of amides is 2. The number of carbonyl (C=O) groups excluding carboxylic acids is 2. The second kappa shape index (κ2) is 13.6. The van der Waals surface area contributed by atoms with Crippen molar-refractivity contribution in [3.05, 3.63) is 29.8 Å². The molecular formula is C20H34Cl2N4O3. The lowest BCUT2D eigenvalue weighted by atomic mass is 10.0. The third-order valence-electron chi connectivity index (χ3n) is 4.79. The Morgan fingerprint density at radius 1 is 1.10 bits per heavy atom. The maximum absolute atomic E-state index is 12.4. The third-order valence-corrected chi connectivity index (χ3v) is 4.79. The highest BCUT2D eigenvalue weighted by molar-refractivity contribution is 5.94. The van der Waals surface area contributed by atoms with Gasteiger partial charge in [0, 0.05) is 44.8 Å². The van der Waals surface area contributed by atoms with Crippen molar-refractivity contribution < 1.29 is 14.3 Å². The van der Waals surface area contributed by atoms with Crippen LogP contribution in [0.4, 0.5) is 0 Å². The van der Waals surface area contributed by atoms with Crippen LogP contribution in [0.15, 0.2) is 24.3 Å². The van der Waals surface area contributed by atoms with Crippen LogP contribution in [0.2, 0.25) is 0 Å². The average molecular weight is 449 g/mol. The van der Waals surface area contributed by atoms with Crippen LogP contribution in [0.5, 0.6) is 5.75 Å². The molecule has 1 aliphatic rings. The average Bonchev–Trinajstić information content (AvgIpc) is 2.67. The molecule has 29 heavy (non-hydrogen) atoms. The van der Waals surface area contributed by atoms with Crippen molar-refractivity contribution in [1.29, 1.82) is 0 Å². The number of nitrogens with one attached hydrogen (secondary N) is 1. The van der Waals surface area contributed by atoms with E-state index in [-0.39, 0.29) is 36.6 Å². The number of piperazine rings is 1. The molecule has 1 aromatic carbocycles. The number of rotatable bonds is 8. The Labute approximate surface area is 186 Å². The highest BCUT2D eigenvalue weighted by Crippen LogP contribution is 2.11. The highest BCUT2D eigenvalue weighted by atomic mass is 35.5. The maximum Gasteiger partial charge on any atom is 0.251 e. The van der Waals surface area contributed by atoms with Crippen LogP contribution in [0.3, 0.4) is 0 Å². The summed E-state index contributed by atoms with van der Waals surface area (Å²) in [4.78, 5) is 28.6. The molecule has 0 saturated carbocycles. The summed E-state index contributed by atoms with van der Waals surface area (Å²) >= 11 is 0. The number of hydrogen-bond donors (Lipinski definition) is 2. The molecule has 1 fully saturated rings. The van der Waals surface area contributed by atoms with Crippen LogP contribution in [0.1, 0.15) is 30.6 Å². The van der Waals surface area contributed by atoms with E-state index in [9.17, 15) is 9.59 Å². The van der Waals surface area contributed by atoms with E-state index in [2.05, 4.69) is 24.1 Å². The SMILES string of the molecule is COc1ccc(C(=O)NCCN2CCN(C(=O)[C@@H](N)CC(C)C)CC2)cc1.Cl.Cl. The van der Waals surface area contributed by atoms with Gasteiger partial charge in [0.25, 0.3) is 5.91 Å². The number of ether oxygens (including phenoxy) is 1. The van der Waals surface area contributed by atoms with Crippen molar-refractivity contribution in [2.75, 3.05) is 46.4 Å². The predicted octanol–water partition coefficient (Wildman–Crippen LogP) is 1.79. The normalized spacial score (nSPS) is 15.1. The molecule has 0 unspecified atom stereocenters. The molecule has 166 valence electrons. The molecule has 0 spiro atoms. The van der Waals surface area contributed by atoms with Gasteiger partial charge in [-0.25, -0.2) is 0 Å². The fourth-order valence-corrected chi connectivity index (χ4v) is 3.21. The summed E-state index contributed by atoms with van der Waals surface area (Å²) in [6, 6.07) is 6.64. The molecule has 9 heteroatoms. The fraction of sp³-hybridized carbons (Fsp3) is 0.600. The molecular weight excluding hydrogens is 415 g/mol.